The van der Waals surface area contributed by atoms with E-state index in [0.717, 1.165) is 28.1 Å². The summed E-state index contributed by atoms with van der Waals surface area (Å²) in [7, 11) is 0. The summed E-state index contributed by atoms with van der Waals surface area (Å²) in [5.74, 6) is 1.43. The molecule has 0 saturated heterocycles. The Hall–Kier alpha value is -1.49. The molecule has 1 aromatic heterocycles. The van der Waals surface area contributed by atoms with E-state index in [2.05, 4.69) is 45.1 Å². The monoisotopic (exact) mass is 351 g/mol. The van der Waals surface area contributed by atoms with Crippen molar-refractivity contribution < 1.29 is 4.39 Å². The van der Waals surface area contributed by atoms with Crippen LogP contribution < -0.4 is 5.32 Å². The third-order valence-corrected chi connectivity index (χ3v) is 3.97. The highest BCUT2D eigenvalue weighted by molar-refractivity contribution is 9.10. The summed E-state index contributed by atoms with van der Waals surface area (Å²) in [6.07, 6.45) is 0. The molecule has 1 N–H and O–H groups in total. The van der Waals surface area contributed by atoms with Gasteiger partial charge in [0.1, 0.15) is 11.6 Å². The molecule has 0 saturated carbocycles. The maximum Gasteiger partial charge on any atom is 0.161 e. The molecule has 1 aromatic carbocycles. The van der Waals surface area contributed by atoms with Gasteiger partial charge in [-0.2, -0.15) is 0 Å². The molecule has 0 aliphatic carbocycles. The smallest absolute Gasteiger partial charge is 0.161 e. The molecule has 21 heavy (non-hydrogen) atoms. The van der Waals surface area contributed by atoms with Crippen LogP contribution in [0.2, 0.25) is 0 Å². The molecule has 0 aliphatic rings. The predicted octanol–water partition coefficient (Wildman–Crippen LogP) is 4.91. The number of nitrogens with zero attached hydrogens (tertiary/aromatic N) is 2. The molecule has 0 unspecified atom stereocenters. The molecule has 3 nitrogen and oxygen atoms in total. The van der Waals surface area contributed by atoms with Gasteiger partial charge in [0, 0.05) is 12.1 Å². The molecular weight excluding hydrogens is 333 g/mol. The molecule has 0 radical (unpaired) electrons. The molecular formula is C16H19BrFN3. The number of aromatic nitrogens is 2. The Balaban J connectivity index is 2.59. The van der Waals surface area contributed by atoms with Gasteiger partial charge in [0.2, 0.25) is 0 Å². The van der Waals surface area contributed by atoms with Gasteiger partial charge in [0.05, 0.1) is 10.2 Å². The van der Waals surface area contributed by atoms with Gasteiger partial charge in [-0.25, -0.2) is 14.4 Å². The van der Waals surface area contributed by atoms with Crippen LogP contribution in [0, 0.1) is 12.7 Å². The Morgan fingerprint density at radius 1 is 1.29 bits per heavy atom. The average molecular weight is 352 g/mol. The first-order valence-electron chi connectivity index (χ1n) is 7.01. The van der Waals surface area contributed by atoms with Gasteiger partial charge in [-0.1, -0.05) is 13.8 Å². The molecule has 2 rings (SSSR count). The highest BCUT2D eigenvalue weighted by atomic mass is 79.9. The second-order valence-corrected chi connectivity index (χ2v) is 6.04. The van der Waals surface area contributed by atoms with Crippen molar-refractivity contribution in [3.8, 4) is 11.4 Å². The summed E-state index contributed by atoms with van der Waals surface area (Å²) in [6, 6.07) is 4.95. The number of anilines is 1. The van der Waals surface area contributed by atoms with Crippen molar-refractivity contribution in [3.63, 3.8) is 0 Å². The van der Waals surface area contributed by atoms with Gasteiger partial charge < -0.3 is 5.32 Å². The van der Waals surface area contributed by atoms with Crippen molar-refractivity contribution in [2.24, 2.45) is 0 Å². The zero-order valence-electron chi connectivity index (χ0n) is 12.7. The SMILES string of the molecule is CCNc1nc(-c2ccc(F)c(C)c2)nc(C(C)C)c1Br. The minimum Gasteiger partial charge on any atom is -0.369 e. The van der Waals surface area contributed by atoms with Crippen molar-refractivity contribution in [3.05, 3.63) is 39.7 Å². The van der Waals surface area contributed by atoms with Crippen LogP contribution in [0.15, 0.2) is 22.7 Å². The summed E-state index contributed by atoms with van der Waals surface area (Å²) in [5.41, 5.74) is 2.36. The van der Waals surface area contributed by atoms with E-state index in [-0.39, 0.29) is 11.7 Å². The topological polar surface area (TPSA) is 37.8 Å². The van der Waals surface area contributed by atoms with Crippen LogP contribution >= 0.6 is 15.9 Å². The zero-order chi connectivity index (χ0) is 15.6. The lowest BCUT2D eigenvalue weighted by atomic mass is 10.1. The van der Waals surface area contributed by atoms with E-state index in [1.54, 1.807) is 19.1 Å². The number of halogens is 2. The average Bonchev–Trinajstić information content (AvgIpc) is 2.44. The maximum absolute atomic E-state index is 13.4. The van der Waals surface area contributed by atoms with Crippen LogP contribution in [0.1, 0.15) is 37.9 Å². The molecule has 0 bridgehead atoms. The highest BCUT2D eigenvalue weighted by Crippen LogP contribution is 2.31. The van der Waals surface area contributed by atoms with Crippen molar-refractivity contribution in [1.29, 1.82) is 0 Å². The predicted molar refractivity (Wildman–Crippen MR) is 88.1 cm³/mol. The molecule has 112 valence electrons. The Bertz CT molecular complexity index is 656. The Morgan fingerprint density at radius 3 is 2.57 bits per heavy atom. The van der Waals surface area contributed by atoms with Crippen LogP contribution in [0.3, 0.4) is 0 Å². The van der Waals surface area contributed by atoms with Gasteiger partial charge in [0.15, 0.2) is 5.82 Å². The van der Waals surface area contributed by atoms with E-state index in [1.807, 2.05) is 6.92 Å². The van der Waals surface area contributed by atoms with Crippen LogP contribution in [0.5, 0.6) is 0 Å². The van der Waals surface area contributed by atoms with Gasteiger partial charge in [0.25, 0.3) is 0 Å². The van der Waals surface area contributed by atoms with Crippen LogP contribution in [0.25, 0.3) is 11.4 Å². The Labute approximate surface area is 133 Å². The van der Waals surface area contributed by atoms with E-state index >= 15 is 0 Å². The zero-order valence-corrected chi connectivity index (χ0v) is 14.3. The molecule has 2 aromatic rings. The summed E-state index contributed by atoms with van der Waals surface area (Å²) in [6.45, 7) is 8.71. The normalized spacial score (nSPS) is 11.0. The van der Waals surface area contributed by atoms with E-state index in [0.29, 0.717) is 11.4 Å². The van der Waals surface area contributed by atoms with Crippen LogP contribution in [0.4, 0.5) is 10.2 Å². The summed E-state index contributed by atoms with van der Waals surface area (Å²) < 4.78 is 14.3. The number of aryl methyl sites for hydroxylation is 1. The third-order valence-electron chi connectivity index (χ3n) is 3.18. The number of benzene rings is 1. The van der Waals surface area contributed by atoms with Crippen LogP contribution in [-0.2, 0) is 0 Å². The minimum absolute atomic E-state index is 0.216. The summed E-state index contributed by atoms with van der Waals surface area (Å²) >= 11 is 3.57. The molecule has 5 heteroatoms. The number of rotatable bonds is 4. The van der Waals surface area contributed by atoms with Crippen molar-refractivity contribution in [2.75, 3.05) is 11.9 Å². The third kappa shape index (κ3) is 3.40. The highest BCUT2D eigenvalue weighted by Gasteiger charge is 2.16. The number of nitrogens with one attached hydrogen (secondary N) is 1. The van der Waals surface area contributed by atoms with E-state index in [9.17, 15) is 4.39 Å². The molecule has 0 aliphatic heterocycles. The van der Waals surface area contributed by atoms with Crippen LogP contribution in [-0.4, -0.2) is 16.5 Å². The van der Waals surface area contributed by atoms with Crippen molar-refractivity contribution >= 4 is 21.7 Å². The number of hydrogen-bond acceptors (Lipinski definition) is 3. The standard InChI is InChI=1S/C16H19BrFN3/c1-5-19-16-13(17)14(9(2)3)20-15(21-16)11-6-7-12(18)10(4)8-11/h6-9H,5H2,1-4H3,(H,19,20,21). The molecule has 1 heterocycles. The molecule has 0 amide bonds. The second-order valence-electron chi connectivity index (χ2n) is 5.24. The van der Waals surface area contributed by atoms with Crippen molar-refractivity contribution in [1.82, 2.24) is 9.97 Å². The quantitative estimate of drug-likeness (QED) is 0.850. The lowest BCUT2D eigenvalue weighted by molar-refractivity contribution is 0.618. The minimum atomic E-state index is -0.216. The molecule has 0 atom stereocenters. The van der Waals surface area contributed by atoms with Crippen molar-refractivity contribution in [2.45, 2.75) is 33.6 Å². The first-order valence-corrected chi connectivity index (χ1v) is 7.81. The first-order chi connectivity index (χ1) is 9.93. The fourth-order valence-electron chi connectivity index (χ4n) is 2.04. The Kier molecular flexibility index (Phi) is 4.93. The van der Waals surface area contributed by atoms with E-state index in [4.69, 9.17) is 0 Å². The molecule has 0 spiro atoms. The lowest BCUT2D eigenvalue weighted by Crippen LogP contribution is -2.07. The Morgan fingerprint density at radius 2 is 2.00 bits per heavy atom. The van der Waals surface area contributed by atoms with Gasteiger partial charge >= 0.3 is 0 Å². The summed E-state index contributed by atoms with van der Waals surface area (Å²) in [4.78, 5) is 9.19. The van der Waals surface area contributed by atoms with Gasteiger partial charge in [-0.05, 0) is 59.5 Å². The van der Waals surface area contributed by atoms with E-state index in [1.165, 1.54) is 6.07 Å². The van der Waals surface area contributed by atoms with Gasteiger partial charge in [-0.3, -0.25) is 0 Å². The fourth-order valence-corrected chi connectivity index (χ4v) is 2.82. The molecule has 0 fully saturated rings. The number of hydrogen-bond donors (Lipinski definition) is 1. The first kappa shape index (κ1) is 15.9. The lowest BCUT2D eigenvalue weighted by Gasteiger charge is -2.14. The van der Waals surface area contributed by atoms with Gasteiger partial charge in [-0.15, -0.1) is 0 Å². The largest absolute Gasteiger partial charge is 0.369 e. The summed E-state index contributed by atoms with van der Waals surface area (Å²) in [5, 5.41) is 3.24. The fraction of sp³-hybridized carbons (Fsp3) is 0.375. The maximum atomic E-state index is 13.4. The van der Waals surface area contributed by atoms with E-state index < -0.39 is 0 Å². The second kappa shape index (κ2) is 6.52.